The third-order valence-corrected chi connectivity index (χ3v) is 1.74. The Morgan fingerprint density at radius 1 is 1.46 bits per heavy atom. The minimum absolute atomic E-state index is 0.0586. The maximum absolute atomic E-state index is 11.0. The van der Waals surface area contributed by atoms with Gasteiger partial charge in [0.25, 0.3) is 0 Å². The van der Waals surface area contributed by atoms with Gasteiger partial charge >= 0.3 is 0 Å². The van der Waals surface area contributed by atoms with Crippen LogP contribution in [0.25, 0.3) is 0 Å². The molecular weight excluding hydrogens is 192 g/mol. The average molecular weight is 199 g/mol. The molecule has 0 fully saturated rings. The lowest BCUT2D eigenvalue weighted by Gasteiger charge is -2.09. The Kier molecular flexibility index (Phi) is 3.16. The molecule has 13 heavy (non-hydrogen) atoms. The van der Waals surface area contributed by atoms with Crippen molar-refractivity contribution < 1.29 is 17.7 Å². The summed E-state index contributed by atoms with van der Waals surface area (Å²) in [6.45, 7) is 1.34. The van der Waals surface area contributed by atoms with Gasteiger partial charge in [-0.25, -0.2) is 4.21 Å². The van der Waals surface area contributed by atoms with Crippen molar-refractivity contribution in [3.8, 4) is 5.75 Å². The molecule has 4 nitrogen and oxygen atoms in total. The van der Waals surface area contributed by atoms with Gasteiger partial charge < -0.3 is 8.74 Å². The Bertz CT molecular complexity index is 348. The van der Waals surface area contributed by atoms with Crippen LogP contribution in [-0.4, -0.2) is 14.5 Å². The number of ketones is 1. The smallest absolute Gasteiger partial charge is 0.163 e. The van der Waals surface area contributed by atoms with Crippen molar-refractivity contribution in [3.63, 3.8) is 0 Å². The molecule has 0 amide bonds. The normalized spacial score (nSPS) is 12.2. The van der Waals surface area contributed by atoms with Gasteiger partial charge in [-0.05, 0) is 19.1 Å². The van der Waals surface area contributed by atoms with Crippen molar-refractivity contribution in [1.82, 2.24) is 0 Å². The number of rotatable bonds is 3. The van der Waals surface area contributed by atoms with E-state index in [0.717, 1.165) is 0 Å². The summed E-state index contributed by atoms with van der Waals surface area (Å²) in [5.74, 6) is -0.176. The second-order valence-electron chi connectivity index (χ2n) is 2.34. The second-order valence-corrected chi connectivity index (χ2v) is 2.91. The number of carbonyl (C=O) groups excluding carboxylic acids is 1. The molecule has 0 aliphatic carbocycles. The average Bonchev–Trinajstić information content (AvgIpc) is 2.03. The highest BCUT2D eigenvalue weighted by Crippen LogP contribution is 2.18. The SMILES string of the molecule is CC(=O)c1ccccc1OS(=O)[O-]. The molecule has 70 valence electrons. The molecular formula is C8H7O4S-. The van der Waals surface area contributed by atoms with Crippen molar-refractivity contribution in [3.05, 3.63) is 29.8 Å². The van der Waals surface area contributed by atoms with Crippen LogP contribution in [-0.2, 0) is 11.4 Å². The molecule has 0 saturated heterocycles. The minimum Gasteiger partial charge on any atom is -0.740 e. The Balaban J connectivity index is 3.04. The first-order valence-corrected chi connectivity index (χ1v) is 4.49. The first-order chi connectivity index (χ1) is 6.11. The lowest BCUT2D eigenvalue weighted by Crippen LogP contribution is -2.03. The topological polar surface area (TPSA) is 66.4 Å². The van der Waals surface area contributed by atoms with Gasteiger partial charge in [0, 0.05) is 0 Å². The molecule has 1 unspecified atom stereocenters. The third kappa shape index (κ3) is 2.64. The molecule has 0 N–H and O–H groups in total. The Hall–Kier alpha value is -1.20. The molecule has 0 spiro atoms. The first-order valence-electron chi connectivity index (χ1n) is 3.49. The van der Waals surface area contributed by atoms with E-state index in [4.69, 9.17) is 0 Å². The van der Waals surface area contributed by atoms with Crippen LogP contribution in [0, 0.1) is 0 Å². The van der Waals surface area contributed by atoms with Crippen LogP contribution in [0.4, 0.5) is 0 Å². The minimum atomic E-state index is -2.65. The van der Waals surface area contributed by atoms with Crippen LogP contribution in [0.3, 0.4) is 0 Å². The molecule has 0 aliphatic rings. The highest BCUT2D eigenvalue weighted by Gasteiger charge is 2.06. The molecule has 1 rings (SSSR count). The van der Waals surface area contributed by atoms with Crippen LogP contribution < -0.4 is 4.18 Å². The van der Waals surface area contributed by atoms with E-state index in [1.807, 2.05) is 0 Å². The maximum Gasteiger partial charge on any atom is 0.163 e. The number of benzene rings is 1. The lowest BCUT2D eigenvalue weighted by atomic mass is 10.1. The van der Waals surface area contributed by atoms with Gasteiger partial charge in [0.05, 0.1) is 5.56 Å². The Labute approximate surface area is 78.0 Å². The van der Waals surface area contributed by atoms with E-state index in [1.165, 1.54) is 19.1 Å². The van der Waals surface area contributed by atoms with Crippen LogP contribution in [0.1, 0.15) is 17.3 Å². The quantitative estimate of drug-likeness (QED) is 0.539. The van der Waals surface area contributed by atoms with Gasteiger partial charge in [0.1, 0.15) is 17.1 Å². The van der Waals surface area contributed by atoms with Crippen molar-refractivity contribution in [1.29, 1.82) is 0 Å². The molecule has 1 aromatic rings. The summed E-state index contributed by atoms with van der Waals surface area (Å²) >= 11 is -2.65. The van der Waals surface area contributed by atoms with Gasteiger partial charge in [-0.2, -0.15) is 0 Å². The molecule has 5 heteroatoms. The van der Waals surface area contributed by atoms with Gasteiger partial charge in [-0.1, -0.05) is 12.1 Å². The number of para-hydroxylation sites is 1. The largest absolute Gasteiger partial charge is 0.740 e. The van der Waals surface area contributed by atoms with Gasteiger partial charge in [-0.15, -0.1) is 0 Å². The number of hydrogen-bond donors (Lipinski definition) is 0. The summed E-state index contributed by atoms with van der Waals surface area (Å²) in [4.78, 5) is 11.0. The second kappa shape index (κ2) is 4.15. The molecule has 0 aromatic heterocycles. The maximum atomic E-state index is 11.0. The lowest BCUT2D eigenvalue weighted by molar-refractivity contribution is 0.101. The molecule has 1 aromatic carbocycles. The summed E-state index contributed by atoms with van der Waals surface area (Å²) in [5, 5.41) is 0. The van der Waals surface area contributed by atoms with Crippen LogP contribution in [0.5, 0.6) is 5.75 Å². The van der Waals surface area contributed by atoms with Gasteiger partial charge in [-0.3, -0.25) is 4.79 Å². The van der Waals surface area contributed by atoms with Crippen molar-refractivity contribution in [2.75, 3.05) is 0 Å². The molecule has 0 radical (unpaired) electrons. The van der Waals surface area contributed by atoms with Crippen molar-refractivity contribution in [2.45, 2.75) is 6.92 Å². The van der Waals surface area contributed by atoms with Crippen LogP contribution in [0.2, 0.25) is 0 Å². The zero-order chi connectivity index (χ0) is 9.84. The fraction of sp³-hybridized carbons (Fsp3) is 0.125. The molecule has 0 aliphatic heterocycles. The van der Waals surface area contributed by atoms with Crippen LogP contribution in [0.15, 0.2) is 24.3 Å². The van der Waals surface area contributed by atoms with E-state index in [9.17, 15) is 13.6 Å². The van der Waals surface area contributed by atoms with Gasteiger partial charge in [0.15, 0.2) is 5.78 Å². The zero-order valence-corrected chi connectivity index (χ0v) is 7.67. The first kappa shape index (κ1) is 9.88. The monoisotopic (exact) mass is 199 g/mol. The zero-order valence-electron chi connectivity index (χ0n) is 6.85. The van der Waals surface area contributed by atoms with Crippen molar-refractivity contribution >= 4 is 17.1 Å². The summed E-state index contributed by atoms with van der Waals surface area (Å²) in [6, 6.07) is 6.16. The Morgan fingerprint density at radius 2 is 2.08 bits per heavy atom. The molecule has 0 saturated carbocycles. The van der Waals surface area contributed by atoms with Crippen LogP contribution >= 0.6 is 0 Å². The fourth-order valence-electron chi connectivity index (χ4n) is 0.903. The molecule has 1 atom stereocenters. The van der Waals surface area contributed by atoms with E-state index < -0.39 is 11.4 Å². The van der Waals surface area contributed by atoms with Crippen molar-refractivity contribution in [2.24, 2.45) is 0 Å². The van der Waals surface area contributed by atoms with E-state index >= 15 is 0 Å². The number of hydrogen-bond acceptors (Lipinski definition) is 4. The highest BCUT2D eigenvalue weighted by molar-refractivity contribution is 7.74. The van der Waals surface area contributed by atoms with E-state index in [2.05, 4.69) is 4.18 Å². The molecule has 0 heterocycles. The number of carbonyl (C=O) groups is 1. The van der Waals surface area contributed by atoms with E-state index in [0.29, 0.717) is 0 Å². The predicted octanol–water partition coefficient (Wildman–Crippen LogP) is 1.06. The Morgan fingerprint density at radius 3 is 2.62 bits per heavy atom. The number of Topliss-reactive ketones (excluding diaryl/α,β-unsaturated/α-hetero) is 1. The van der Waals surface area contributed by atoms with E-state index in [1.54, 1.807) is 12.1 Å². The van der Waals surface area contributed by atoms with Gasteiger partial charge in [0.2, 0.25) is 0 Å². The third-order valence-electron chi connectivity index (χ3n) is 1.42. The summed E-state index contributed by atoms with van der Waals surface area (Å²) in [7, 11) is 0. The standard InChI is InChI=1S/C8H8O4S/c1-6(9)7-4-2-3-5-8(7)12-13(10)11/h2-5H,1H3,(H,10,11)/p-1. The summed E-state index contributed by atoms with van der Waals surface area (Å²) in [5.41, 5.74) is 0.256. The molecule has 0 bridgehead atoms. The summed E-state index contributed by atoms with van der Waals surface area (Å²) in [6.07, 6.45) is 0. The van der Waals surface area contributed by atoms with E-state index in [-0.39, 0.29) is 17.1 Å². The highest BCUT2D eigenvalue weighted by atomic mass is 32.2. The fourth-order valence-corrected chi connectivity index (χ4v) is 1.20. The summed E-state index contributed by atoms with van der Waals surface area (Å²) < 4.78 is 24.8. The predicted molar refractivity (Wildman–Crippen MR) is 46.0 cm³/mol.